The van der Waals surface area contributed by atoms with Crippen LogP contribution in [0.1, 0.15) is 47.1 Å². The topological polar surface area (TPSA) is 108 Å². The van der Waals surface area contributed by atoms with E-state index in [9.17, 15) is 19.5 Å². The van der Waals surface area contributed by atoms with Crippen molar-refractivity contribution in [3.8, 4) is 0 Å². The quantitative estimate of drug-likeness (QED) is 0.666. The number of hydrogen-bond acceptors (Lipinski definition) is 6. The molecule has 1 aromatic rings. The van der Waals surface area contributed by atoms with Gasteiger partial charge in [0.1, 0.15) is 18.2 Å². The number of nitrogens with zero attached hydrogens (tertiary/aromatic N) is 2. The summed E-state index contributed by atoms with van der Waals surface area (Å²) in [6.45, 7) is 12.4. The second-order valence-corrected chi connectivity index (χ2v) is 10.3. The van der Waals surface area contributed by atoms with Gasteiger partial charge in [0.15, 0.2) is 0 Å². The Morgan fingerprint density at radius 3 is 2.24 bits per heavy atom. The van der Waals surface area contributed by atoms with Gasteiger partial charge >= 0.3 is 18.2 Å². The van der Waals surface area contributed by atoms with E-state index in [1.54, 1.807) is 25.7 Å². The molecular formula is C24H37N3O6. The number of carboxylic acid groups (broad SMARTS) is 1. The number of amides is 2. The van der Waals surface area contributed by atoms with Gasteiger partial charge in [-0.15, -0.1) is 0 Å². The lowest BCUT2D eigenvalue weighted by molar-refractivity contribution is -0.151. The van der Waals surface area contributed by atoms with E-state index in [0.717, 1.165) is 5.56 Å². The number of nitrogens with one attached hydrogen (secondary N) is 1. The standard InChI is InChI=1S/C24H37N3O6/c1-23(2,3)19-18(20(28)29)26(13-12-25-21(30)33-24(4,5)6)14-15-27(19)22(31)32-16-17-10-8-7-9-11-17/h7-11,18-19H,12-16H2,1-6H3,(H,25,30)(H,28,29). The molecule has 0 spiro atoms. The number of hydrogen-bond donors (Lipinski definition) is 2. The van der Waals surface area contributed by atoms with Crippen molar-refractivity contribution in [3.63, 3.8) is 0 Å². The summed E-state index contributed by atoms with van der Waals surface area (Å²) < 4.78 is 10.8. The number of alkyl carbamates (subject to hydrolysis) is 1. The van der Waals surface area contributed by atoms with Gasteiger partial charge in [-0.05, 0) is 31.7 Å². The van der Waals surface area contributed by atoms with Crippen LogP contribution in [-0.4, -0.2) is 76.9 Å². The van der Waals surface area contributed by atoms with Crippen LogP contribution in [0.15, 0.2) is 30.3 Å². The van der Waals surface area contributed by atoms with E-state index in [1.807, 2.05) is 51.1 Å². The third kappa shape index (κ3) is 7.92. The number of rotatable bonds is 6. The lowest BCUT2D eigenvalue weighted by Crippen LogP contribution is -2.68. The average molecular weight is 464 g/mol. The van der Waals surface area contributed by atoms with Gasteiger partial charge in [-0.1, -0.05) is 51.1 Å². The molecular weight excluding hydrogens is 426 g/mol. The van der Waals surface area contributed by atoms with Gasteiger partial charge in [-0.3, -0.25) is 9.69 Å². The molecule has 2 N–H and O–H groups in total. The van der Waals surface area contributed by atoms with Gasteiger partial charge in [-0.25, -0.2) is 9.59 Å². The predicted molar refractivity (Wildman–Crippen MR) is 124 cm³/mol. The first-order valence-corrected chi connectivity index (χ1v) is 11.2. The number of carbonyl (C=O) groups is 3. The molecule has 9 heteroatoms. The number of piperazine rings is 1. The Balaban J connectivity index is 2.09. The molecule has 2 unspecified atom stereocenters. The normalized spacial score (nSPS) is 19.6. The van der Waals surface area contributed by atoms with Crippen molar-refractivity contribution >= 4 is 18.2 Å². The first kappa shape index (κ1) is 26.4. The Morgan fingerprint density at radius 1 is 1.06 bits per heavy atom. The van der Waals surface area contributed by atoms with E-state index in [1.165, 1.54) is 4.90 Å². The van der Waals surface area contributed by atoms with Gasteiger partial charge < -0.3 is 24.8 Å². The van der Waals surface area contributed by atoms with E-state index in [-0.39, 0.29) is 13.2 Å². The molecule has 9 nitrogen and oxygen atoms in total. The van der Waals surface area contributed by atoms with Crippen molar-refractivity contribution in [1.29, 1.82) is 0 Å². The number of benzene rings is 1. The summed E-state index contributed by atoms with van der Waals surface area (Å²) in [4.78, 5) is 40.5. The summed E-state index contributed by atoms with van der Waals surface area (Å²) in [5.41, 5.74) is -0.275. The predicted octanol–water partition coefficient (Wildman–Crippen LogP) is 3.33. The van der Waals surface area contributed by atoms with E-state index in [2.05, 4.69) is 5.32 Å². The summed E-state index contributed by atoms with van der Waals surface area (Å²) >= 11 is 0. The van der Waals surface area contributed by atoms with Crippen LogP contribution in [0.3, 0.4) is 0 Å². The van der Waals surface area contributed by atoms with Gasteiger partial charge in [0.2, 0.25) is 0 Å². The summed E-state index contributed by atoms with van der Waals surface area (Å²) in [7, 11) is 0. The zero-order chi connectivity index (χ0) is 24.8. The summed E-state index contributed by atoms with van der Waals surface area (Å²) in [6.07, 6.45) is -1.08. The molecule has 0 aliphatic carbocycles. The lowest BCUT2D eigenvalue weighted by atomic mass is 9.79. The second kappa shape index (κ2) is 10.9. The Labute approximate surface area is 196 Å². The Morgan fingerprint density at radius 2 is 1.70 bits per heavy atom. The Bertz CT molecular complexity index is 816. The molecule has 1 saturated heterocycles. The summed E-state index contributed by atoms with van der Waals surface area (Å²) in [6, 6.07) is 7.79. The van der Waals surface area contributed by atoms with Gasteiger partial charge in [0.05, 0.1) is 6.04 Å². The third-order valence-electron chi connectivity index (χ3n) is 5.30. The molecule has 33 heavy (non-hydrogen) atoms. The number of carboxylic acids is 1. The fraction of sp³-hybridized carbons (Fsp3) is 0.625. The zero-order valence-electron chi connectivity index (χ0n) is 20.5. The third-order valence-corrected chi connectivity index (χ3v) is 5.30. The molecule has 0 saturated carbocycles. The number of aliphatic carboxylic acids is 1. The van der Waals surface area contributed by atoms with Crippen LogP contribution in [-0.2, 0) is 20.9 Å². The largest absolute Gasteiger partial charge is 0.480 e. The van der Waals surface area contributed by atoms with Crippen LogP contribution >= 0.6 is 0 Å². The summed E-state index contributed by atoms with van der Waals surface area (Å²) in [5, 5.41) is 12.7. The van der Waals surface area contributed by atoms with Gasteiger partial charge in [-0.2, -0.15) is 0 Å². The van der Waals surface area contributed by atoms with E-state index >= 15 is 0 Å². The van der Waals surface area contributed by atoms with Crippen LogP contribution in [0.5, 0.6) is 0 Å². The minimum absolute atomic E-state index is 0.119. The van der Waals surface area contributed by atoms with Crippen molar-refractivity contribution in [2.75, 3.05) is 26.2 Å². The fourth-order valence-corrected chi connectivity index (χ4v) is 3.99. The van der Waals surface area contributed by atoms with Crippen molar-refractivity contribution in [1.82, 2.24) is 15.1 Å². The van der Waals surface area contributed by atoms with Gasteiger partial charge in [0.25, 0.3) is 0 Å². The molecule has 0 bridgehead atoms. The molecule has 1 aliphatic rings. The second-order valence-electron chi connectivity index (χ2n) is 10.3. The molecule has 0 aromatic heterocycles. The van der Waals surface area contributed by atoms with E-state index in [4.69, 9.17) is 9.47 Å². The maximum absolute atomic E-state index is 13.0. The summed E-state index contributed by atoms with van der Waals surface area (Å²) in [5.74, 6) is -1.02. The highest BCUT2D eigenvalue weighted by atomic mass is 16.6. The monoisotopic (exact) mass is 463 g/mol. The Hall–Kier alpha value is -2.81. The maximum atomic E-state index is 13.0. The average Bonchev–Trinajstić information content (AvgIpc) is 2.70. The minimum Gasteiger partial charge on any atom is -0.480 e. The highest BCUT2D eigenvalue weighted by Crippen LogP contribution is 2.33. The van der Waals surface area contributed by atoms with Crippen molar-refractivity contribution in [3.05, 3.63) is 35.9 Å². The molecule has 2 rings (SSSR count). The van der Waals surface area contributed by atoms with Crippen molar-refractivity contribution in [2.45, 2.75) is 65.8 Å². The smallest absolute Gasteiger partial charge is 0.410 e. The van der Waals surface area contributed by atoms with Crippen molar-refractivity contribution < 1.29 is 29.0 Å². The van der Waals surface area contributed by atoms with Crippen LogP contribution in [0.4, 0.5) is 9.59 Å². The van der Waals surface area contributed by atoms with E-state index < -0.39 is 41.3 Å². The van der Waals surface area contributed by atoms with Gasteiger partial charge in [0, 0.05) is 26.2 Å². The van der Waals surface area contributed by atoms with Crippen LogP contribution in [0, 0.1) is 5.41 Å². The zero-order valence-corrected chi connectivity index (χ0v) is 20.5. The molecule has 1 heterocycles. The Kier molecular flexibility index (Phi) is 8.71. The van der Waals surface area contributed by atoms with Crippen LogP contribution in [0.2, 0.25) is 0 Å². The number of ether oxygens (including phenoxy) is 2. The maximum Gasteiger partial charge on any atom is 0.410 e. The first-order chi connectivity index (χ1) is 15.3. The van der Waals surface area contributed by atoms with Crippen molar-refractivity contribution in [2.24, 2.45) is 5.41 Å². The van der Waals surface area contributed by atoms with Crippen LogP contribution in [0.25, 0.3) is 0 Å². The van der Waals surface area contributed by atoms with E-state index in [0.29, 0.717) is 19.6 Å². The minimum atomic E-state index is -1.02. The molecule has 184 valence electrons. The molecule has 2 atom stereocenters. The highest BCUT2D eigenvalue weighted by Gasteiger charge is 2.48. The SMILES string of the molecule is CC(C)(C)OC(=O)NCCN1CCN(C(=O)OCc2ccccc2)C(C(C)(C)C)C1C(=O)O. The fourth-order valence-electron chi connectivity index (χ4n) is 3.99. The molecule has 0 radical (unpaired) electrons. The lowest BCUT2D eigenvalue weighted by Gasteiger charge is -2.50. The molecule has 1 aliphatic heterocycles. The molecule has 2 amide bonds. The highest BCUT2D eigenvalue weighted by molar-refractivity contribution is 5.77. The first-order valence-electron chi connectivity index (χ1n) is 11.2. The number of carbonyl (C=O) groups excluding carboxylic acids is 2. The molecule has 1 fully saturated rings. The molecule has 1 aromatic carbocycles. The van der Waals surface area contributed by atoms with Crippen LogP contribution < -0.4 is 5.32 Å².